The van der Waals surface area contributed by atoms with Gasteiger partial charge in [0.2, 0.25) is 0 Å². The summed E-state index contributed by atoms with van der Waals surface area (Å²) < 4.78 is 15.3. The third-order valence-electron chi connectivity index (χ3n) is 4.00. The Hall–Kier alpha value is -3.18. The Bertz CT molecular complexity index is 1040. The highest BCUT2D eigenvalue weighted by molar-refractivity contribution is 7.13. The van der Waals surface area contributed by atoms with E-state index in [0.29, 0.717) is 10.6 Å². The van der Waals surface area contributed by atoms with Gasteiger partial charge in [-0.05, 0) is 35.9 Å². The molecule has 4 rings (SSSR count). The van der Waals surface area contributed by atoms with Crippen molar-refractivity contribution in [1.82, 2.24) is 4.57 Å². The van der Waals surface area contributed by atoms with Crippen molar-refractivity contribution in [2.45, 2.75) is 0 Å². The third kappa shape index (κ3) is 3.17. The topological polar surface area (TPSA) is 34.0 Å². The molecule has 0 aliphatic carbocycles. The quantitative estimate of drug-likeness (QED) is 0.504. The van der Waals surface area contributed by atoms with Crippen LogP contribution in [-0.4, -0.2) is 10.5 Å². The zero-order chi connectivity index (χ0) is 17.9. The lowest BCUT2D eigenvalue weighted by Crippen LogP contribution is -2.13. The predicted octanol–water partition coefficient (Wildman–Crippen LogP) is 5.60. The number of carbonyl (C=O) groups excluding carboxylic acids is 1. The summed E-state index contributed by atoms with van der Waals surface area (Å²) in [6.45, 7) is 0. The Labute approximate surface area is 154 Å². The van der Waals surface area contributed by atoms with Crippen molar-refractivity contribution in [3.63, 3.8) is 0 Å². The first-order valence-electron chi connectivity index (χ1n) is 8.09. The van der Waals surface area contributed by atoms with Crippen LogP contribution >= 0.6 is 11.3 Å². The van der Waals surface area contributed by atoms with Crippen molar-refractivity contribution in [2.75, 3.05) is 5.32 Å². The molecule has 5 heteroatoms. The Morgan fingerprint density at radius 1 is 0.962 bits per heavy atom. The molecule has 4 aromatic rings. The van der Waals surface area contributed by atoms with E-state index in [2.05, 4.69) is 5.32 Å². The highest BCUT2D eigenvalue weighted by Gasteiger charge is 2.20. The zero-order valence-corrected chi connectivity index (χ0v) is 14.5. The number of benzene rings is 2. The summed E-state index contributed by atoms with van der Waals surface area (Å²) in [4.78, 5) is 13.4. The van der Waals surface area contributed by atoms with Crippen LogP contribution in [0.4, 0.5) is 10.1 Å². The van der Waals surface area contributed by atoms with Gasteiger partial charge < -0.3 is 9.88 Å². The van der Waals surface area contributed by atoms with Gasteiger partial charge in [0.1, 0.15) is 10.7 Å². The number of carbonyl (C=O) groups is 1. The summed E-state index contributed by atoms with van der Waals surface area (Å²) in [5, 5.41) is 4.76. The van der Waals surface area contributed by atoms with Crippen molar-refractivity contribution in [1.29, 1.82) is 0 Å². The van der Waals surface area contributed by atoms with E-state index in [0.717, 1.165) is 16.8 Å². The molecule has 0 aliphatic heterocycles. The first kappa shape index (κ1) is 16.3. The van der Waals surface area contributed by atoms with Gasteiger partial charge in [-0.2, -0.15) is 0 Å². The molecule has 0 spiro atoms. The molecular weight excluding hydrogens is 347 g/mol. The first-order chi connectivity index (χ1) is 12.7. The number of thiophene rings is 1. The van der Waals surface area contributed by atoms with E-state index in [1.165, 1.54) is 23.5 Å². The first-order valence-corrected chi connectivity index (χ1v) is 8.97. The van der Waals surface area contributed by atoms with E-state index in [9.17, 15) is 9.18 Å². The summed E-state index contributed by atoms with van der Waals surface area (Å²) >= 11 is 1.37. The molecule has 0 saturated carbocycles. The fraction of sp³-hybridized carbons (Fsp3) is 0. The van der Waals surface area contributed by atoms with Crippen molar-refractivity contribution in [2.24, 2.45) is 0 Å². The lowest BCUT2D eigenvalue weighted by Gasteiger charge is -2.10. The second-order valence-corrected chi connectivity index (χ2v) is 6.63. The molecule has 1 amide bonds. The van der Waals surface area contributed by atoms with Crippen LogP contribution in [0.3, 0.4) is 0 Å². The molecule has 0 radical (unpaired) electrons. The second kappa shape index (κ2) is 6.98. The molecule has 2 heterocycles. The third-order valence-corrected chi connectivity index (χ3v) is 4.97. The molecule has 0 saturated heterocycles. The normalized spacial score (nSPS) is 10.7. The Balaban J connectivity index is 1.77. The van der Waals surface area contributed by atoms with Gasteiger partial charge in [0.15, 0.2) is 0 Å². The summed E-state index contributed by atoms with van der Waals surface area (Å²) in [6, 6.07) is 19.7. The Morgan fingerprint density at radius 2 is 1.73 bits per heavy atom. The number of nitrogens with zero attached hydrogens (tertiary/aromatic N) is 1. The van der Waals surface area contributed by atoms with E-state index < -0.39 is 0 Å². The maximum atomic E-state index is 13.4. The zero-order valence-electron chi connectivity index (χ0n) is 13.7. The van der Waals surface area contributed by atoms with E-state index in [1.807, 2.05) is 64.8 Å². The fourth-order valence-electron chi connectivity index (χ4n) is 2.83. The van der Waals surface area contributed by atoms with E-state index in [4.69, 9.17) is 0 Å². The number of rotatable bonds is 4. The monoisotopic (exact) mass is 362 g/mol. The van der Waals surface area contributed by atoms with Gasteiger partial charge in [-0.15, -0.1) is 11.3 Å². The van der Waals surface area contributed by atoms with Crippen molar-refractivity contribution in [3.05, 3.63) is 95.2 Å². The number of nitrogens with one attached hydrogen (secondary N) is 1. The molecule has 0 fully saturated rings. The van der Waals surface area contributed by atoms with Gasteiger partial charge >= 0.3 is 0 Å². The lowest BCUT2D eigenvalue weighted by atomic mass is 10.1. The highest BCUT2D eigenvalue weighted by Crippen LogP contribution is 2.35. The van der Waals surface area contributed by atoms with Crippen LogP contribution in [-0.2, 0) is 0 Å². The number of anilines is 1. The Morgan fingerprint density at radius 3 is 2.46 bits per heavy atom. The predicted molar refractivity (Wildman–Crippen MR) is 103 cm³/mol. The smallest absolute Gasteiger partial charge is 0.267 e. The van der Waals surface area contributed by atoms with Gasteiger partial charge in [-0.25, -0.2) is 4.39 Å². The van der Waals surface area contributed by atoms with Gasteiger partial charge in [0, 0.05) is 29.0 Å². The second-order valence-electron chi connectivity index (χ2n) is 5.75. The van der Waals surface area contributed by atoms with Gasteiger partial charge in [-0.1, -0.05) is 36.4 Å². The summed E-state index contributed by atoms with van der Waals surface area (Å²) in [7, 11) is 0. The van der Waals surface area contributed by atoms with Gasteiger partial charge in [-0.3, -0.25) is 4.79 Å². The SMILES string of the molecule is O=C(Nc1cccc(F)c1)c1scc(-c2ccccc2)c1-n1cccc1. The van der Waals surface area contributed by atoms with Crippen LogP contribution in [0, 0.1) is 5.82 Å². The lowest BCUT2D eigenvalue weighted by molar-refractivity contribution is 0.103. The van der Waals surface area contributed by atoms with Crippen molar-refractivity contribution in [3.8, 4) is 16.8 Å². The Kier molecular flexibility index (Phi) is 4.37. The van der Waals surface area contributed by atoms with Crippen LogP contribution in [0.5, 0.6) is 0 Å². The van der Waals surface area contributed by atoms with E-state index in [-0.39, 0.29) is 11.7 Å². The summed E-state index contributed by atoms with van der Waals surface area (Å²) in [5.41, 5.74) is 3.27. The number of hydrogen-bond acceptors (Lipinski definition) is 2. The minimum Gasteiger partial charge on any atom is -0.322 e. The maximum absolute atomic E-state index is 13.4. The molecule has 0 bridgehead atoms. The fourth-order valence-corrected chi connectivity index (χ4v) is 3.80. The molecule has 3 nitrogen and oxygen atoms in total. The van der Waals surface area contributed by atoms with Gasteiger partial charge in [0.05, 0.1) is 5.69 Å². The minimum atomic E-state index is -0.385. The van der Waals surface area contributed by atoms with E-state index >= 15 is 0 Å². The van der Waals surface area contributed by atoms with Crippen molar-refractivity contribution < 1.29 is 9.18 Å². The molecule has 128 valence electrons. The number of hydrogen-bond donors (Lipinski definition) is 1. The van der Waals surface area contributed by atoms with Gasteiger partial charge in [0.25, 0.3) is 5.91 Å². The average molecular weight is 362 g/mol. The minimum absolute atomic E-state index is 0.258. The highest BCUT2D eigenvalue weighted by atomic mass is 32.1. The molecule has 2 aromatic heterocycles. The molecule has 26 heavy (non-hydrogen) atoms. The van der Waals surface area contributed by atoms with Crippen LogP contribution in [0.25, 0.3) is 16.8 Å². The molecule has 1 N–H and O–H groups in total. The van der Waals surface area contributed by atoms with E-state index in [1.54, 1.807) is 12.1 Å². The van der Waals surface area contributed by atoms with Crippen molar-refractivity contribution >= 4 is 22.9 Å². The number of halogens is 1. The van der Waals surface area contributed by atoms with Crippen LogP contribution in [0.2, 0.25) is 0 Å². The van der Waals surface area contributed by atoms with Crippen LogP contribution in [0.1, 0.15) is 9.67 Å². The molecule has 2 aromatic carbocycles. The summed E-state index contributed by atoms with van der Waals surface area (Å²) in [5.74, 6) is -0.643. The van der Waals surface area contributed by atoms with Crippen LogP contribution < -0.4 is 5.32 Å². The molecule has 0 unspecified atom stereocenters. The molecule has 0 atom stereocenters. The molecule has 0 aliphatic rings. The largest absolute Gasteiger partial charge is 0.322 e. The summed E-state index contributed by atoms with van der Waals surface area (Å²) in [6.07, 6.45) is 3.82. The number of aromatic nitrogens is 1. The average Bonchev–Trinajstić information content (AvgIpc) is 3.32. The van der Waals surface area contributed by atoms with Crippen LogP contribution in [0.15, 0.2) is 84.5 Å². The molecular formula is C21H15FN2OS. The maximum Gasteiger partial charge on any atom is 0.267 e. The number of amides is 1. The standard InChI is InChI=1S/C21H15FN2OS/c22-16-9-6-10-17(13-16)23-21(25)20-19(24-11-4-5-12-24)18(14-26-20)15-7-2-1-3-8-15/h1-14H,(H,23,25).